The van der Waals surface area contributed by atoms with Crippen molar-refractivity contribution in [3.8, 4) is 0 Å². The number of aromatic nitrogens is 1. The standard InChI is InChI=1S/C27H29FN4O3/c1-19(2)32-17-21(26(34)29-16-20-8-4-3-5-9-20)25(33)22(18-32)27(35)31-14-12-30(13-15-31)24-11-7-6-10-23(24)28/h3-11,17-19H,12-16H2,1-2H3,(H,29,34). The van der Waals surface area contributed by atoms with Gasteiger partial charge in [-0.15, -0.1) is 0 Å². The van der Waals surface area contributed by atoms with Crippen molar-refractivity contribution in [2.45, 2.75) is 26.4 Å². The van der Waals surface area contributed by atoms with Gasteiger partial charge >= 0.3 is 0 Å². The van der Waals surface area contributed by atoms with E-state index in [4.69, 9.17) is 0 Å². The zero-order chi connectivity index (χ0) is 24.9. The maximum Gasteiger partial charge on any atom is 0.259 e. The Morgan fingerprint density at radius 2 is 1.54 bits per heavy atom. The van der Waals surface area contributed by atoms with Crippen LogP contribution in [0.25, 0.3) is 0 Å². The van der Waals surface area contributed by atoms with Crippen molar-refractivity contribution in [3.63, 3.8) is 0 Å². The van der Waals surface area contributed by atoms with Crippen molar-refractivity contribution in [2.24, 2.45) is 0 Å². The molecule has 0 saturated carbocycles. The first-order valence-corrected chi connectivity index (χ1v) is 11.7. The number of anilines is 1. The van der Waals surface area contributed by atoms with E-state index in [1.54, 1.807) is 27.7 Å². The van der Waals surface area contributed by atoms with Gasteiger partial charge < -0.3 is 19.7 Å². The van der Waals surface area contributed by atoms with Gasteiger partial charge in [0.25, 0.3) is 11.8 Å². The molecule has 1 fully saturated rings. The van der Waals surface area contributed by atoms with Crippen molar-refractivity contribution < 1.29 is 14.0 Å². The van der Waals surface area contributed by atoms with Crippen LogP contribution in [0, 0.1) is 5.82 Å². The van der Waals surface area contributed by atoms with E-state index in [1.165, 1.54) is 18.5 Å². The van der Waals surface area contributed by atoms with Crippen LogP contribution in [0.2, 0.25) is 0 Å². The normalized spacial score (nSPS) is 13.7. The Balaban J connectivity index is 1.53. The molecular formula is C27H29FN4O3. The minimum atomic E-state index is -0.589. The number of benzene rings is 2. The van der Waals surface area contributed by atoms with Crippen LogP contribution < -0.4 is 15.6 Å². The summed E-state index contributed by atoms with van der Waals surface area (Å²) in [6.07, 6.45) is 3.02. The molecule has 2 aromatic carbocycles. The largest absolute Gasteiger partial charge is 0.366 e. The first kappa shape index (κ1) is 24.2. The fraction of sp³-hybridized carbons (Fsp3) is 0.296. The summed E-state index contributed by atoms with van der Waals surface area (Å²) >= 11 is 0. The number of nitrogens with one attached hydrogen (secondary N) is 1. The van der Waals surface area contributed by atoms with E-state index in [1.807, 2.05) is 49.1 Å². The lowest BCUT2D eigenvalue weighted by Gasteiger charge is -2.36. The molecule has 2 amide bonds. The van der Waals surface area contributed by atoms with Gasteiger partial charge in [0.15, 0.2) is 0 Å². The number of halogens is 1. The molecule has 3 aromatic rings. The van der Waals surface area contributed by atoms with Gasteiger partial charge in [0.1, 0.15) is 16.9 Å². The Hall–Kier alpha value is -3.94. The predicted molar refractivity (Wildman–Crippen MR) is 133 cm³/mol. The van der Waals surface area contributed by atoms with Crippen LogP contribution in [-0.2, 0) is 6.54 Å². The third-order valence-electron chi connectivity index (χ3n) is 6.17. The summed E-state index contributed by atoms with van der Waals surface area (Å²) in [5, 5.41) is 2.78. The predicted octanol–water partition coefficient (Wildman–Crippen LogP) is 3.46. The van der Waals surface area contributed by atoms with E-state index in [-0.39, 0.29) is 29.5 Å². The highest BCUT2D eigenvalue weighted by Crippen LogP contribution is 2.21. The minimum absolute atomic E-state index is 0.0367. The number of rotatable bonds is 6. The first-order chi connectivity index (χ1) is 16.8. The van der Waals surface area contributed by atoms with Crippen molar-refractivity contribution in [2.75, 3.05) is 31.1 Å². The third kappa shape index (κ3) is 5.42. The molecule has 8 heteroatoms. The minimum Gasteiger partial charge on any atom is -0.366 e. The summed E-state index contributed by atoms with van der Waals surface area (Å²) in [5.41, 5.74) is 0.716. The van der Waals surface area contributed by atoms with Gasteiger partial charge in [0.2, 0.25) is 5.43 Å². The van der Waals surface area contributed by atoms with Crippen molar-refractivity contribution >= 4 is 17.5 Å². The third-order valence-corrected chi connectivity index (χ3v) is 6.17. The van der Waals surface area contributed by atoms with E-state index in [0.29, 0.717) is 31.9 Å². The van der Waals surface area contributed by atoms with E-state index in [2.05, 4.69) is 5.32 Å². The number of carbonyl (C=O) groups is 2. The number of hydrogen-bond donors (Lipinski definition) is 1. The van der Waals surface area contributed by atoms with Gasteiger partial charge in [-0.3, -0.25) is 14.4 Å². The van der Waals surface area contributed by atoms with E-state index < -0.39 is 17.2 Å². The monoisotopic (exact) mass is 476 g/mol. The van der Waals surface area contributed by atoms with Crippen LogP contribution in [0.4, 0.5) is 10.1 Å². The zero-order valence-electron chi connectivity index (χ0n) is 19.9. The van der Waals surface area contributed by atoms with Crippen molar-refractivity contribution in [3.05, 3.63) is 99.7 Å². The molecule has 35 heavy (non-hydrogen) atoms. The number of hydrogen-bond acceptors (Lipinski definition) is 4. The number of carbonyl (C=O) groups excluding carboxylic acids is 2. The Morgan fingerprint density at radius 3 is 2.20 bits per heavy atom. The molecule has 1 aliphatic heterocycles. The molecule has 4 rings (SSSR count). The summed E-state index contributed by atoms with van der Waals surface area (Å²) in [7, 11) is 0. The molecule has 0 unspecified atom stereocenters. The summed E-state index contributed by atoms with van der Waals surface area (Å²) in [6, 6.07) is 15.9. The van der Waals surface area contributed by atoms with Crippen molar-refractivity contribution in [1.82, 2.24) is 14.8 Å². The second-order valence-corrected chi connectivity index (χ2v) is 8.85. The number of piperazine rings is 1. The second kappa shape index (κ2) is 10.5. The highest BCUT2D eigenvalue weighted by Gasteiger charge is 2.27. The molecule has 1 saturated heterocycles. The summed E-state index contributed by atoms with van der Waals surface area (Å²) in [6.45, 7) is 5.69. The lowest BCUT2D eigenvalue weighted by Crippen LogP contribution is -2.50. The molecule has 7 nitrogen and oxygen atoms in total. The molecule has 2 heterocycles. The smallest absolute Gasteiger partial charge is 0.259 e. The fourth-order valence-corrected chi connectivity index (χ4v) is 4.11. The molecule has 0 aliphatic carbocycles. The second-order valence-electron chi connectivity index (χ2n) is 8.85. The van der Waals surface area contributed by atoms with E-state index in [9.17, 15) is 18.8 Å². The van der Waals surface area contributed by atoms with Crippen LogP contribution >= 0.6 is 0 Å². The molecule has 182 valence electrons. The van der Waals surface area contributed by atoms with Crippen LogP contribution in [0.15, 0.2) is 71.8 Å². The molecule has 1 aliphatic rings. The van der Waals surface area contributed by atoms with E-state index in [0.717, 1.165) is 5.56 Å². The quantitative estimate of drug-likeness (QED) is 0.591. The lowest BCUT2D eigenvalue weighted by molar-refractivity contribution is 0.0744. The van der Waals surface area contributed by atoms with E-state index >= 15 is 0 Å². The molecule has 0 atom stereocenters. The average molecular weight is 477 g/mol. The van der Waals surface area contributed by atoms with Crippen LogP contribution in [-0.4, -0.2) is 47.5 Å². The molecule has 1 N–H and O–H groups in total. The van der Waals surface area contributed by atoms with Crippen molar-refractivity contribution in [1.29, 1.82) is 0 Å². The fourth-order valence-electron chi connectivity index (χ4n) is 4.11. The van der Waals surface area contributed by atoms with Gasteiger partial charge in [-0.25, -0.2) is 4.39 Å². The van der Waals surface area contributed by atoms with Gasteiger partial charge in [0.05, 0.1) is 5.69 Å². The SMILES string of the molecule is CC(C)n1cc(C(=O)NCc2ccccc2)c(=O)c(C(=O)N2CCN(c3ccccc3F)CC2)c1. The maximum absolute atomic E-state index is 14.2. The summed E-state index contributed by atoms with van der Waals surface area (Å²) in [4.78, 5) is 43.0. The molecule has 0 spiro atoms. The number of pyridine rings is 1. The summed E-state index contributed by atoms with van der Waals surface area (Å²) in [5.74, 6) is -1.25. The lowest BCUT2D eigenvalue weighted by atomic mass is 10.1. The van der Waals surface area contributed by atoms with Crippen LogP contribution in [0.5, 0.6) is 0 Å². The maximum atomic E-state index is 14.2. The van der Waals surface area contributed by atoms with Gasteiger partial charge in [-0.2, -0.15) is 0 Å². The van der Waals surface area contributed by atoms with Gasteiger partial charge in [0, 0.05) is 51.2 Å². The molecule has 0 bridgehead atoms. The van der Waals surface area contributed by atoms with Gasteiger partial charge in [-0.1, -0.05) is 42.5 Å². The van der Waals surface area contributed by atoms with Crippen LogP contribution in [0.1, 0.15) is 46.2 Å². The molecule has 0 radical (unpaired) electrons. The number of nitrogens with zero attached hydrogens (tertiary/aromatic N) is 3. The Kier molecular flexibility index (Phi) is 7.29. The molecular weight excluding hydrogens is 447 g/mol. The number of para-hydroxylation sites is 1. The first-order valence-electron chi connectivity index (χ1n) is 11.7. The molecule has 1 aromatic heterocycles. The average Bonchev–Trinajstić information content (AvgIpc) is 2.88. The Bertz CT molecular complexity index is 1260. The van der Waals surface area contributed by atoms with Gasteiger partial charge in [-0.05, 0) is 31.5 Å². The van der Waals surface area contributed by atoms with Crippen LogP contribution in [0.3, 0.4) is 0 Å². The topological polar surface area (TPSA) is 74.6 Å². The highest BCUT2D eigenvalue weighted by molar-refractivity contribution is 5.99. The number of amides is 2. The Morgan fingerprint density at radius 1 is 0.914 bits per heavy atom. The summed E-state index contributed by atoms with van der Waals surface area (Å²) < 4.78 is 15.9. The Labute approximate surface area is 203 Å². The highest BCUT2D eigenvalue weighted by atomic mass is 19.1. The zero-order valence-corrected chi connectivity index (χ0v) is 19.9.